The van der Waals surface area contributed by atoms with Crippen molar-refractivity contribution in [2.75, 3.05) is 7.11 Å². The van der Waals surface area contributed by atoms with Crippen LogP contribution in [0.25, 0.3) is 0 Å². The lowest BCUT2D eigenvalue weighted by Gasteiger charge is -2.21. The molecule has 7 heteroatoms. The van der Waals surface area contributed by atoms with Crippen LogP contribution in [0, 0.1) is 6.92 Å². The van der Waals surface area contributed by atoms with E-state index in [0.29, 0.717) is 34.8 Å². The molecule has 0 aliphatic carbocycles. The average Bonchev–Trinajstić information content (AvgIpc) is 3.26. The lowest BCUT2D eigenvalue weighted by atomic mass is 10.1. The summed E-state index contributed by atoms with van der Waals surface area (Å²) in [6, 6.07) is 20.4. The molecule has 0 saturated heterocycles. The van der Waals surface area contributed by atoms with Crippen molar-refractivity contribution in [2.24, 2.45) is 5.10 Å². The highest BCUT2D eigenvalue weighted by Gasteiger charge is 2.34. The van der Waals surface area contributed by atoms with Crippen LogP contribution in [0.4, 0.5) is 0 Å². The minimum atomic E-state index is -0.792. The largest absolute Gasteiger partial charge is 0.507 e. The SMILES string of the molecule is COc1cc([C@H]2OC(c3cccc(C)c3O)=NN2C(C)=O)ccc1OCc1ccccc1. The minimum Gasteiger partial charge on any atom is -0.507 e. The van der Waals surface area contributed by atoms with Gasteiger partial charge in [0.05, 0.1) is 12.7 Å². The Morgan fingerprint density at radius 3 is 2.59 bits per heavy atom. The smallest absolute Gasteiger partial charge is 0.244 e. The van der Waals surface area contributed by atoms with E-state index in [0.717, 1.165) is 5.56 Å². The first-order valence-corrected chi connectivity index (χ1v) is 10.2. The minimum absolute atomic E-state index is 0.0673. The molecule has 0 bridgehead atoms. The topological polar surface area (TPSA) is 80.6 Å². The molecular weight excluding hydrogens is 408 g/mol. The van der Waals surface area contributed by atoms with Crippen LogP contribution in [0.5, 0.6) is 17.2 Å². The van der Waals surface area contributed by atoms with Gasteiger partial charge in [-0.3, -0.25) is 4.79 Å². The van der Waals surface area contributed by atoms with Gasteiger partial charge in [-0.05, 0) is 42.3 Å². The van der Waals surface area contributed by atoms with Crippen LogP contribution in [0.3, 0.4) is 0 Å². The monoisotopic (exact) mass is 432 g/mol. The Morgan fingerprint density at radius 2 is 1.88 bits per heavy atom. The number of hydrogen-bond donors (Lipinski definition) is 1. The fraction of sp³-hybridized carbons (Fsp3) is 0.200. The molecule has 1 heterocycles. The molecule has 0 saturated carbocycles. The second-order valence-corrected chi connectivity index (χ2v) is 7.39. The summed E-state index contributed by atoms with van der Waals surface area (Å²) >= 11 is 0. The number of carbonyl (C=O) groups excluding carboxylic acids is 1. The van der Waals surface area contributed by atoms with Gasteiger partial charge in [0.25, 0.3) is 0 Å². The number of methoxy groups -OCH3 is 1. The molecule has 7 nitrogen and oxygen atoms in total. The Hall–Kier alpha value is -4.00. The number of carbonyl (C=O) groups is 1. The summed E-state index contributed by atoms with van der Waals surface area (Å²) in [6.45, 7) is 3.59. The van der Waals surface area contributed by atoms with E-state index in [1.165, 1.54) is 11.9 Å². The molecule has 3 aromatic rings. The van der Waals surface area contributed by atoms with Crippen LogP contribution in [0.15, 0.2) is 71.8 Å². The number of phenolic OH excluding ortho intramolecular Hbond substituents is 1. The number of benzene rings is 3. The van der Waals surface area contributed by atoms with Crippen molar-refractivity contribution in [2.45, 2.75) is 26.7 Å². The van der Waals surface area contributed by atoms with E-state index in [-0.39, 0.29) is 17.6 Å². The first-order chi connectivity index (χ1) is 15.5. The molecule has 0 radical (unpaired) electrons. The maximum absolute atomic E-state index is 12.3. The van der Waals surface area contributed by atoms with E-state index in [4.69, 9.17) is 14.2 Å². The first kappa shape index (κ1) is 21.2. The maximum Gasteiger partial charge on any atom is 0.244 e. The Labute approximate surface area is 186 Å². The predicted octanol–water partition coefficient (Wildman–Crippen LogP) is 4.53. The number of para-hydroxylation sites is 1. The van der Waals surface area contributed by atoms with Gasteiger partial charge in [-0.15, -0.1) is 5.10 Å². The third kappa shape index (κ3) is 4.23. The van der Waals surface area contributed by atoms with Gasteiger partial charge < -0.3 is 19.3 Å². The Balaban J connectivity index is 1.59. The number of aromatic hydroxyl groups is 1. The summed E-state index contributed by atoms with van der Waals surface area (Å²) in [4.78, 5) is 12.3. The Bertz CT molecular complexity index is 1160. The Kier molecular flexibility index (Phi) is 5.98. The quantitative estimate of drug-likeness (QED) is 0.619. The zero-order valence-corrected chi connectivity index (χ0v) is 18.1. The second kappa shape index (κ2) is 9.01. The Morgan fingerprint density at radius 1 is 1.09 bits per heavy atom. The number of amides is 1. The van der Waals surface area contributed by atoms with E-state index < -0.39 is 6.23 Å². The molecule has 0 fully saturated rings. The summed E-state index contributed by atoms with van der Waals surface area (Å²) in [7, 11) is 1.56. The van der Waals surface area contributed by atoms with Crippen molar-refractivity contribution in [3.63, 3.8) is 0 Å². The second-order valence-electron chi connectivity index (χ2n) is 7.39. The van der Waals surface area contributed by atoms with Crippen LogP contribution in [0.1, 0.15) is 35.4 Å². The van der Waals surface area contributed by atoms with Gasteiger partial charge in [0.2, 0.25) is 18.0 Å². The lowest BCUT2D eigenvalue weighted by molar-refractivity contribution is -0.135. The van der Waals surface area contributed by atoms with Gasteiger partial charge >= 0.3 is 0 Å². The van der Waals surface area contributed by atoms with Crippen molar-refractivity contribution < 1.29 is 24.1 Å². The van der Waals surface area contributed by atoms with E-state index in [2.05, 4.69) is 5.10 Å². The molecule has 1 aliphatic heterocycles. The van der Waals surface area contributed by atoms with Crippen LogP contribution in [0.2, 0.25) is 0 Å². The number of hydrazone groups is 1. The molecule has 1 N–H and O–H groups in total. The molecule has 0 spiro atoms. The number of hydrogen-bond acceptors (Lipinski definition) is 6. The summed E-state index contributed by atoms with van der Waals surface area (Å²) < 4.78 is 17.4. The average molecular weight is 432 g/mol. The zero-order chi connectivity index (χ0) is 22.7. The zero-order valence-electron chi connectivity index (χ0n) is 18.1. The highest BCUT2D eigenvalue weighted by molar-refractivity contribution is 5.99. The molecule has 32 heavy (non-hydrogen) atoms. The standard InChI is InChI=1S/C25H24N2O5/c1-16-8-7-11-20(23(16)29)24-26-27(17(2)28)25(32-24)19-12-13-21(22(14-19)30-3)31-15-18-9-5-4-6-10-18/h4-14,25,29H,15H2,1-3H3/t25-/m1/s1. The summed E-state index contributed by atoms with van der Waals surface area (Å²) in [5.74, 6) is 1.04. The van der Waals surface area contributed by atoms with Gasteiger partial charge in [0, 0.05) is 12.5 Å². The van der Waals surface area contributed by atoms with Crippen LogP contribution in [-0.4, -0.2) is 29.0 Å². The van der Waals surface area contributed by atoms with Gasteiger partial charge in [0.15, 0.2) is 11.5 Å². The molecule has 4 rings (SSSR count). The molecule has 1 aliphatic rings. The van der Waals surface area contributed by atoms with E-state index in [9.17, 15) is 9.90 Å². The molecular formula is C25H24N2O5. The fourth-order valence-corrected chi connectivity index (χ4v) is 3.42. The van der Waals surface area contributed by atoms with Gasteiger partial charge in [-0.25, -0.2) is 0 Å². The third-order valence-corrected chi connectivity index (χ3v) is 5.14. The summed E-state index contributed by atoms with van der Waals surface area (Å²) in [5.41, 5.74) is 2.81. The molecule has 164 valence electrons. The van der Waals surface area contributed by atoms with Crippen molar-refractivity contribution >= 4 is 11.8 Å². The summed E-state index contributed by atoms with van der Waals surface area (Å²) in [5, 5.41) is 16.0. The number of rotatable bonds is 6. The fourth-order valence-electron chi connectivity index (χ4n) is 3.42. The van der Waals surface area contributed by atoms with E-state index >= 15 is 0 Å². The van der Waals surface area contributed by atoms with E-state index in [1.54, 1.807) is 50.4 Å². The van der Waals surface area contributed by atoms with Crippen molar-refractivity contribution in [3.05, 3.63) is 89.0 Å². The van der Waals surface area contributed by atoms with Crippen molar-refractivity contribution in [3.8, 4) is 17.2 Å². The third-order valence-electron chi connectivity index (χ3n) is 5.14. The predicted molar refractivity (Wildman–Crippen MR) is 119 cm³/mol. The molecule has 0 unspecified atom stereocenters. The number of ether oxygens (including phenoxy) is 3. The summed E-state index contributed by atoms with van der Waals surface area (Å²) in [6.07, 6.45) is -0.792. The number of phenols is 1. The van der Waals surface area contributed by atoms with Gasteiger partial charge in [-0.2, -0.15) is 5.01 Å². The van der Waals surface area contributed by atoms with Crippen molar-refractivity contribution in [1.82, 2.24) is 5.01 Å². The lowest BCUT2D eigenvalue weighted by Crippen LogP contribution is -2.25. The van der Waals surface area contributed by atoms with E-state index in [1.807, 2.05) is 30.3 Å². The van der Waals surface area contributed by atoms with Gasteiger partial charge in [-0.1, -0.05) is 42.5 Å². The number of nitrogens with zero attached hydrogens (tertiary/aromatic N) is 2. The normalized spacial score (nSPS) is 15.2. The van der Waals surface area contributed by atoms with Gasteiger partial charge in [0.1, 0.15) is 12.4 Å². The molecule has 1 amide bonds. The highest BCUT2D eigenvalue weighted by atomic mass is 16.5. The maximum atomic E-state index is 12.3. The van der Waals surface area contributed by atoms with Crippen LogP contribution < -0.4 is 9.47 Å². The first-order valence-electron chi connectivity index (χ1n) is 10.2. The molecule has 3 aromatic carbocycles. The van der Waals surface area contributed by atoms with Crippen LogP contribution in [-0.2, 0) is 16.1 Å². The van der Waals surface area contributed by atoms with Crippen LogP contribution >= 0.6 is 0 Å². The van der Waals surface area contributed by atoms with Crippen molar-refractivity contribution in [1.29, 1.82) is 0 Å². The molecule has 1 atom stereocenters. The molecule has 0 aromatic heterocycles. The number of aryl methyl sites for hydroxylation is 1. The highest BCUT2D eigenvalue weighted by Crippen LogP contribution is 2.37.